The van der Waals surface area contributed by atoms with Crippen molar-refractivity contribution in [3.05, 3.63) is 35.9 Å². The van der Waals surface area contributed by atoms with Crippen LogP contribution in [0.5, 0.6) is 0 Å². The number of carboxylic acid groups (broad SMARTS) is 1. The van der Waals surface area contributed by atoms with Crippen molar-refractivity contribution in [1.29, 1.82) is 0 Å². The topological polar surface area (TPSA) is 66.8 Å². The van der Waals surface area contributed by atoms with Gasteiger partial charge >= 0.3 is 12.1 Å². The van der Waals surface area contributed by atoms with Gasteiger partial charge in [0.1, 0.15) is 12.6 Å². The smallest absolute Gasteiger partial charge is 0.410 e. The Morgan fingerprint density at radius 2 is 2.00 bits per heavy atom. The maximum Gasteiger partial charge on any atom is 0.410 e. The largest absolute Gasteiger partial charge is 0.480 e. The average molecular weight is 263 g/mol. The van der Waals surface area contributed by atoms with Gasteiger partial charge in [0.15, 0.2) is 0 Å². The summed E-state index contributed by atoms with van der Waals surface area (Å²) in [5.41, 5.74) is 0.472. The predicted octanol–water partition coefficient (Wildman–Crippen LogP) is 2.12. The molecule has 0 aromatic heterocycles. The molecule has 1 heterocycles. The second kappa shape index (κ2) is 4.91. The normalized spacial score (nSPS) is 20.5. The first-order chi connectivity index (χ1) is 8.92. The van der Waals surface area contributed by atoms with E-state index in [2.05, 4.69) is 0 Å². The van der Waals surface area contributed by atoms with Crippen LogP contribution >= 0.6 is 0 Å². The monoisotopic (exact) mass is 263 g/mol. The average Bonchev–Trinajstić information content (AvgIpc) is 2.34. The van der Waals surface area contributed by atoms with Crippen molar-refractivity contribution in [2.75, 3.05) is 6.54 Å². The Balaban J connectivity index is 1.93. The van der Waals surface area contributed by atoms with Crippen molar-refractivity contribution in [3.63, 3.8) is 0 Å². The molecule has 0 bridgehead atoms. The lowest BCUT2D eigenvalue weighted by Crippen LogP contribution is -2.67. The zero-order valence-electron chi connectivity index (χ0n) is 11.0. The fraction of sp³-hybridized carbons (Fsp3) is 0.429. The van der Waals surface area contributed by atoms with Crippen molar-refractivity contribution in [1.82, 2.24) is 4.90 Å². The Hall–Kier alpha value is -2.04. The van der Waals surface area contributed by atoms with Gasteiger partial charge in [-0.15, -0.1) is 0 Å². The maximum atomic E-state index is 11.8. The number of aliphatic carboxylic acids is 1. The van der Waals surface area contributed by atoms with Crippen LogP contribution in [0, 0.1) is 5.41 Å². The molecule has 5 nitrogen and oxygen atoms in total. The van der Waals surface area contributed by atoms with Crippen LogP contribution in [0.4, 0.5) is 4.79 Å². The molecule has 102 valence electrons. The molecular formula is C14H17NO4. The third kappa shape index (κ3) is 2.70. The van der Waals surface area contributed by atoms with Crippen molar-refractivity contribution in [3.8, 4) is 0 Å². The molecule has 1 fully saturated rings. The van der Waals surface area contributed by atoms with Gasteiger partial charge in [0.25, 0.3) is 0 Å². The third-order valence-electron chi connectivity index (χ3n) is 3.30. The molecule has 1 unspecified atom stereocenters. The number of ether oxygens (including phenoxy) is 1. The van der Waals surface area contributed by atoms with Gasteiger partial charge in [-0.3, -0.25) is 4.90 Å². The molecule has 0 aliphatic carbocycles. The van der Waals surface area contributed by atoms with Crippen LogP contribution < -0.4 is 0 Å². The SMILES string of the molecule is CC1(C)CN(C(=O)OCc2ccccc2)C1C(=O)O. The standard InChI is InChI=1S/C14H17NO4/c1-14(2)9-15(11(14)12(16)17)13(18)19-8-10-6-4-3-5-7-10/h3-7,11H,8-9H2,1-2H3,(H,16,17). The number of benzene rings is 1. The highest BCUT2D eigenvalue weighted by Gasteiger charge is 2.53. The van der Waals surface area contributed by atoms with Gasteiger partial charge in [-0.1, -0.05) is 44.2 Å². The van der Waals surface area contributed by atoms with Crippen LogP contribution in [0.3, 0.4) is 0 Å². The number of likely N-dealkylation sites (tertiary alicyclic amines) is 1. The molecule has 1 aliphatic rings. The van der Waals surface area contributed by atoms with Gasteiger partial charge in [-0.2, -0.15) is 0 Å². The van der Waals surface area contributed by atoms with Crippen molar-refractivity contribution < 1.29 is 19.4 Å². The van der Waals surface area contributed by atoms with Gasteiger partial charge in [-0.05, 0) is 5.56 Å². The number of carbonyl (C=O) groups excluding carboxylic acids is 1. The van der Waals surface area contributed by atoms with Gasteiger partial charge in [0.2, 0.25) is 0 Å². The minimum absolute atomic E-state index is 0.156. The van der Waals surface area contributed by atoms with Crippen LogP contribution in [0.2, 0.25) is 0 Å². The number of amides is 1. The van der Waals surface area contributed by atoms with Gasteiger partial charge in [-0.25, -0.2) is 9.59 Å². The van der Waals surface area contributed by atoms with E-state index in [0.29, 0.717) is 6.54 Å². The van der Waals surface area contributed by atoms with Crippen molar-refractivity contribution in [2.24, 2.45) is 5.41 Å². The van der Waals surface area contributed by atoms with Gasteiger partial charge in [0.05, 0.1) is 0 Å². The van der Waals surface area contributed by atoms with Crippen molar-refractivity contribution >= 4 is 12.1 Å². The van der Waals surface area contributed by atoms with Gasteiger partial charge < -0.3 is 9.84 Å². The molecule has 0 radical (unpaired) electrons. The summed E-state index contributed by atoms with van der Waals surface area (Å²) < 4.78 is 5.13. The molecule has 5 heteroatoms. The summed E-state index contributed by atoms with van der Waals surface area (Å²) in [6, 6.07) is 8.48. The molecule has 1 aromatic rings. The Kier molecular flexibility index (Phi) is 3.46. The molecule has 2 rings (SSSR count). The van der Waals surface area contributed by atoms with E-state index in [9.17, 15) is 9.59 Å². The van der Waals surface area contributed by atoms with Crippen LogP contribution in [-0.4, -0.2) is 34.7 Å². The lowest BCUT2D eigenvalue weighted by Gasteiger charge is -2.50. The highest BCUT2D eigenvalue weighted by Crippen LogP contribution is 2.37. The Bertz CT molecular complexity index is 483. The maximum absolute atomic E-state index is 11.8. The fourth-order valence-electron chi connectivity index (χ4n) is 2.37. The van der Waals surface area contributed by atoms with E-state index in [4.69, 9.17) is 9.84 Å². The highest BCUT2D eigenvalue weighted by atomic mass is 16.6. The molecule has 1 saturated heterocycles. The minimum atomic E-state index is -0.993. The quantitative estimate of drug-likeness (QED) is 0.907. The molecule has 0 spiro atoms. The number of carboxylic acids is 1. The molecule has 1 amide bonds. The zero-order valence-corrected chi connectivity index (χ0v) is 11.0. The summed E-state index contributed by atoms with van der Waals surface area (Å²) >= 11 is 0. The van der Waals surface area contributed by atoms with Crippen LogP contribution in [-0.2, 0) is 16.1 Å². The van der Waals surface area contributed by atoms with E-state index in [0.717, 1.165) is 5.56 Å². The fourth-order valence-corrected chi connectivity index (χ4v) is 2.37. The lowest BCUT2D eigenvalue weighted by atomic mass is 9.75. The predicted molar refractivity (Wildman–Crippen MR) is 68.5 cm³/mol. The van der Waals surface area contributed by atoms with Crippen LogP contribution in [0.1, 0.15) is 19.4 Å². The molecule has 1 aliphatic heterocycles. The van der Waals surface area contributed by atoms with E-state index >= 15 is 0 Å². The summed E-state index contributed by atoms with van der Waals surface area (Å²) in [6.45, 7) is 4.21. The van der Waals surface area contributed by atoms with Crippen LogP contribution in [0.25, 0.3) is 0 Å². The number of hydrogen-bond acceptors (Lipinski definition) is 3. The highest BCUT2D eigenvalue weighted by molar-refractivity contribution is 5.83. The first-order valence-corrected chi connectivity index (χ1v) is 6.12. The molecule has 19 heavy (non-hydrogen) atoms. The molecular weight excluding hydrogens is 246 g/mol. The Morgan fingerprint density at radius 3 is 2.53 bits per heavy atom. The number of carbonyl (C=O) groups is 2. The number of hydrogen-bond donors (Lipinski definition) is 1. The third-order valence-corrected chi connectivity index (χ3v) is 3.30. The van der Waals surface area contributed by atoms with Gasteiger partial charge in [0, 0.05) is 12.0 Å². The summed E-state index contributed by atoms with van der Waals surface area (Å²) in [7, 11) is 0. The Morgan fingerprint density at radius 1 is 1.37 bits per heavy atom. The number of rotatable bonds is 3. The van der Waals surface area contributed by atoms with E-state index < -0.39 is 23.5 Å². The van der Waals surface area contributed by atoms with E-state index in [-0.39, 0.29) is 6.61 Å². The molecule has 1 aromatic carbocycles. The summed E-state index contributed by atoms with van der Waals surface area (Å²) in [4.78, 5) is 24.2. The molecule has 1 N–H and O–H groups in total. The lowest BCUT2D eigenvalue weighted by molar-refractivity contribution is -0.158. The summed E-state index contributed by atoms with van der Waals surface area (Å²) in [6.07, 6.45) is -0.574. The summed E-state index contributed by atoms with van der Waals surface area (Å²) in [5, 5.41) is 9.12. The second-order valence-corrected chi connectivity index (χ2v) is 5.40. The van der Waals surface area contributed by atoms with E-state index in [1.807, 2.05) is 44.2 Å². The molecule has 0 saturated carbocycles. The number of nitrogens with zero attached hydrogens (tertiary/aromatic N) is 1. The summed E-state index contributed by atoms with van der Waals surface area (Å²) in [5.74, 6) is -0.993. The van der Waals surface area contributed by atoms with E-state index in [1.165, 1.54) is 4.90 Å². The minimum Gasteiger partial charge on any atom is -0.480 e. The van der Waals surface area contributed by atoms with E-state index in [1.54, 1.807) is 0 Å². The Labute approximate surface area is 111 Å². The zero-order chi connectivity index (χ0) is 14.0. The second-order valence-electron chi connectivity index (χ2n) is 5.40. The first kappa shape index (κ1) is 13.4. The first-order valence-electron chi connectivity index (χ1n) is 6.12. The molecule has 1 atom stereocenters. The van der Waals surface area contributed by atoms with Crippen LogP contribution in [0.15, 0.2) is 30.3 Å². The van der Waals surface area contributed by atoms with Crippen molar-refractivity contribution in [2.45, 2.75) is 26.5 Å².